The molecule has 3 heterocycles. The molecule has 1 aromatic carbocycles. The van der Waals surface area contributed by atoms with E-state index in [1.54, 1.807) is 27.1 Å². The number of likely N-dealkylation sites (N-methyl/N-ethyl adjacent to an activating group) is 1. The van der Waals surface area contributed by atoms with E-state index in [2.05, 4.69) is 34.2 Å². The highest BCUT2D eigenvalue weighted by atomic mass is 32.1. The van der Waals surface area contributed by atoms with Crippen molar-refractivity contribution in [1.29, 1.82) is 0 Å². The fourth-order valence-electron chi connectivity index (χ4n) is 3.75. The number of thiazole rings is 1. The average molecular weight is 510 g/mol. The van der Waals surface area contributed by atoms with E-state index in [0.717, 1.165) is 28.7 Å². The summed E-state index contributed by atoms with van der Waals surface area (Å²) in [4.78, 5) is 31.4. The average Bonchev–Trinajstić information content (AvgIpc) is 3.50. The second kappa shape index (κ2) is 11.5. The van der Waals surface area contributed by atoms with Gasteiger partial charge in [-0.25, -0.2) is 14.5 Å². The number of carbonyl (C=O) groups is 2. The molecule has 4 rings (SSSR count). The Kier molecular flexibility index (Phi) is 8.62. The molecule has 2 aromatic heterocycles. The smallest absolute Gasteiger partial charge is 0.475 e. The van der Waals surface area contributed by atoms with Crippen molar-refractivity contribution in [3.8, 4) is 5.13 Å². The molecule has 1 saturated heterocycles. The molecule has 1 fully saturated rings. The Hall–Kier alpha value is -3.25. The van der Waals surface area contributed by atoms with Gasteiger partial charge in [-0.05, 0) is 56.1 Å². The van der Waals surface area contributed by atoms with Crippen LogP contribution in [-0.4, -0.2) is 74.9 Å². The molecule has 0 aliphatic carbocycles. The Morgan fingerprint density at radius 1 is 1.29 bits per heavy atom. The van der Waals surface area contributed by atoms with Gasteiger partial charge in [0.1, 0.15) is 0 Å². The summed E-state index contributed by atoms with van der Waals surface area (Å²) in [6.45, 7) is 2.76. The lowest BCUT2D eigenvalue weighted by Crippen LogP contribution is -2.31. The Labute approximate surface area is 204 Å². The van der Waals surface area contributed by atoms with Crippen molar-refractivity contribution < 1.29 is 27.9 Å². The first-order chi connectivity index (χ1) is 16.5. The molecule has 35 heavy (non-hydrogen) atoms. The minimum Gasteiger partial charge on any atom is -0.475 e. The number of nitrogens with zero attached hydrogens (tertiary/aromatic N) is 5. The van der Waals surface area contributed by atoms with Gasteiger partial charge in [-0.2, -0.15) is 18.3 Å². The third kappa shape index (κ3) is 7.36. The van der Waals surface area contributed by atoms with Crippen molar-refractivity contribution >= 4 is 23.2 Å². The quantitative estimate of drug-likeness (QED) is 0.558. The third-order valence-electron chi connectivity index (χ3n) is 5.45. The van der Waals surface area contributed by atoms with Crippen molar-refractivity contribution in [3.05, 3.63) is 64.9 Å². The van der Waals surface area contributed by atoms with Gasteiger partial charge in [0, 0.05) is 42.6 Å². The molecule has 3 aromatic rings. The number of hydrogen-bond acceptors (Lipinski definition) is 6. The van der Waals surface area contributed by atoms with Gasteiger partial charge in [0.05, 0.1) is 6.54 Å². The van der Waals surface area contributed by atoms with Gasteiger partial charge in [0.25, 0.3) is 5.91 Å². The van der Waals surface area contributed by atoms with Crippen LogP contribution < -0.4 is 0 Å². The number of carbonyl (C=O) groups excluding carboxylic acids is 1. The molecule has 1 aliphatic heterocycles. The Bertz CT molecular complexity index is 1130. The number of likely N-dealkylation sites (tertiary alicyclic amines) is 1. The minimum atomic E-state index is -5.08. The van der Waals surface area contributed by atoms with Crippen molar-refractivity contribution in [1.82, 2.24) is 24.6 Å². The number of carboxylic acids is 1. The van der Waals surface area contributed by atoms with Gasteiger partial charge in [-0.15, -0.1) is 0 Å². The van der Waals surface area contributed by atoms with Crippen LogP contribution >= 0.6 is 11.3 Å². The van der Waals surface area contributed by atoms with Crippen LogP contribution in [0.15, 0.2) is 48.9 Å². The number of amides is 1. The summed E-state index contributed by atoms with van der Waals surface area (Å²) >= 11 is 1.55. The number of aromatic nitrogens is 3. The van der Waals surface area contributed by atoms with Crippen LogP contribution in [0, 0.1) is 0 Å². The first-order valence-corrected chi connectivity index (χ1v) is 11.6. The van der Waals surface area contributed by atoms with Crippen molar-refractivity contribution in [2.75, 3.05) is 27.2 Å². The third-order valence-corrected chi connectivity index (χ3v) is 6.43. The zero-order valence-corrected chi connectivity index (χ0v) is 20.1. The van der Waals surface area contributed by atoms with E-state index in [1.165, 1.54) is 18.4 Å². The number of halogens is 3. The molecule has 1 aliphatic rings. The molecule has 8 nitrogen and oxygen atoms in total. The second-order valence-electron chi connectivity index (χ2n) is 8.25. The molecule has 1 N–H and O–H groups in total. The zero-order valence-electron chi connectivity index (χ0n) is 19.3. The predicted octanol–water partition coefficient (Wildman–Crippen LogP) is 4.04. The lowest BCUT2D eigenvalue weighted by atomic mass is 9.90. The summed E-state index contributed by atoms with van der Waals surface area (Å²) in [5, 5.41) is 12.1. The molecule has 0 saturated carbocycles. The van der Waals surface area contributed by atoms with Crippen LogP contribution in [0.4, 0.5) is 13.2 Å². The van der Waals surface area contributed by atoms with Gasteiger partial charge in [0.15, 0.2) is 0 Å². The van der Waals surface area contributed by atoms with Gasteiger partial charge in [0.2, 0.25) is 5.13 Å². The maximum Gasteiger partial charge on any atom is 0.490 e. The summed E-state index contributed by atoms with van der Waals surface area (Å²) in [5.74, 6) is -2.21. The standard InChI is InChI=1S/C21H25N5OS.C2HF3O2/c1-24-10-4-8-18(14-24)16-6-3-7-17(12-16)20(27)25(2)15-19-13-22-21(28-19)26-11-5-9-23-26;3-2(4,5)1(6)7/h3,5-7,9,11-13,18H,4,8,10,14-15H2,1-2H3;(H,6,7). The van der Waals surface area contributed by atoms with Crippen molar-refractivity contribution in [3.63, 3.8) is 0 Å². The van der Waals surface area contributed by atoms with E-state index in [1.807, 2.05) is 37.6 Å². The highest BCUT2D eigenvalue weighted by Gasteiger charge is 2.38. The lowest BCUT2D eigenvalue weighted by Gasteiger charge is -2.30. The highest BCUT2D eigenvalue weighted by molar-refractivity contribution is 7.14. The SMILES string of the molecule is CN1CCCC(c2cccc(C(=O)N(C)Cc3cnc(-n4cccn4)s3)c2)C1.O=C(O)C(F)(F)F. The predicted molar refractivity (Wildman–Crippen MR) is 125 cm³/mol. The van der Waals surface area contributed by atoms with Crippen LogP contribution in [0.5, 0.6) is 0 Å². The molecule has 12 heteroatoms. The Morgan fingerprint density at radius 2 is 2.03 bits per heavy atom. The normalized spacial score (nSPS) is 16.3. The number of rotatable bonds is 5. The fraction of sp³-hybridized carbons (Fsp3) is 0.391. The largest absolute Gasteiger partial charge is 0.490 e. The van der Waals surface area contributed by atoms with Crippen LogP contribution in [0.1, 0.15) is 39.6 Å². The van der Waals surface area contributed by atoms with Gasteiger partial charge in [-0.1, -0.05) is 23.5 Å². The summed E-state index contributed by atoms with van der Waals surface area (Å²) in [5.41, 5.74) is 2.02. The molecular weight excluding hydrogens is 483 g/mol. The maximum atomic E-state index is 13.0. The monoisotopic (exact) mass is 509 g/mol. The molecule has 1 amide bonds. The topological polar surface area (TPSA) is 91.6 Å². The zero-order chi connectivity index (χ0) is 25.6. The number of piperidine rings is 1. The Balaban J connectivity index is 0.000000429. The van der Waals surface area contributed by atoms with Gasteiger partial charge >= 0.3 is 12.1 Å². The number of hydrogen-bond donors (Lipinski definition) is 1. The molecule has 188 valence electrons. The van der Waals surface area contributed by atoms with E-state index < -0.39 is 12.1 Å². The van der Waals surface area contributed by atoms with E-state index >= 15 is 0 Å². The molecular formula is C23H26F3N5O3S. The first-order valence-electron chi connectivity index (χ1n) is 10.8. The van der Waals surface area contributed by atoms with E-state index in [-0.39, 0.29) is 5.91 Å². The van der Waals surface area contributed by atoms with E-state index in [4.69, 9.17) is 9.90 Å². The summed E-state index contributed by atoms with van der Waals surface area (Å²) in [6, 6.07) is 10.0. The highest BCUT2D eigenvalue weighted by Crippen LogP contribution is 2.27. The van der Waals surface area contributed by atoms with Crippen molar-refractivity contribution in [2.24, 2.45) is 0 Å². The van der Waals surface area contributed by atoms with Crippen LogP contribution in [0.2, 0.25) is 0 Å². The summed E-state index contributed by atoms with van der Waals surface area (Å²) in [6.07, 6.45) is 2.73. The number of aliphatic carboxylic acids is 1. The summed E-state index contributed by atoms with van der Waals surface area (Å²) in [7, 11) is 4.01. The van der Waals surface area contributed by atoms with Gasteiger partial charge in [-0.3, -0.25) is 4.79 Å². The minimum absolute atomic E-state index is 0.0417. The van der Waals surface area contributed by atoms with Crippen molar-refractivity contribution in [2.45, 2.75) is 31.5 Å². The van der Waals surface area contributed by atoms with Crippen LogP contribution in [0.3, 0.4) is 0 Å². The Morgan fingerprint density at radius 3 is 2.66 bits per heavy atom. The molecule has 0 radical (unpaired) electrons. The second-order valence-corrected chi connectivity index (χ2v) is 9.34. The summed E-state index contributed by atoms with van der Waals surface area (Å²) < 4.78 is 33.5. The number of carboxylic acid groups (broad SMARTS) is 1. The number of alkyl halides is 3. The molecule has 1 atom stereocenters. The maximum absolute atomic E-state index is 13.0. The first kappa shape index (κ1) is 26.4. The number of benzene rings is 1. The van der Waals surface area contributed by atoms with Crippen LogP contribution in [-0.2, 0) is 11.3 Å². The van der Waals surface area contributed by atoms with E-state index in [9.17, 15) is 18.0 Å². The molecule has 0 spiro atoms. The molecule has 1 unspecified atom stereocenters. The van der Waals surface area contributed by atoms with Gasteiger partial charge < -0.3 is 14.9 Å². The van der Waals surface area contributed by atoms with E-state index in [0.29, 0.717) is 12.5 Å². The molecule has 0 bridgehead atoms. The van der Waals surface area contributed by atoms with Crippen LogP contribution in [0.25, 0.3) is 5.13 Å². The fourth-order valence-corrected chi connectivity index (χ4v) is 4.65. The lowest BCUT2D eigenvalue weighted by molar-refractivity contribution is -0.192.